The van der Waals surface area contributed by atoms with E-state index in [9.17, 15) is 14.0 Å². The predicted molar refractivity (Wildman–Crippen MR) is 95.9 cm³/mol. The first-order chi connectivity index (χ1) is 13.0. The Balaban J connectivity index is 1.60. The molecule has 1 fully saturated rings. The van der Waals surface area contributed by atoms with Crippen LogP contribution in [0.3, 0.4) is 0 Å². The topological polar surface area (TPSA) is 85.9 Å². The standard InChI is InChI=1S/C18H19FN6O2/c1-12-6-8-23(9-7-12)16(26)11-24-18(27)15-10-20-25(17(15)21-22-24)14-4-2-13(19)3-5-14/h2-5,10,12H,6-9,11H2,1H3. The molecule has 0 radical (unpaired) electrons. The molecule has 0 saturated carbocycles. The summed E-state index contributed by atoms with van der Waals surface area (Å²) in [5.74, 6) is 0.114. The molecule has 4 rings (SSSR count). The van der Waals surface area contributed by atoms with Gasteiger partial charge < -0.3 is 4.90 Å². The second-order valence-corrected chi connectivity index (χ2v) is 6.89. The summed E-state index contributed by atoms with van der Waals surface area (Å²) in [6.45, 7) is 3.43. The van der Waals surface area contributed by atoms with Crippen molar-refractivity contribution in [3.05, 3.63) is 46.6 Å². The summed E-state index contributed by atoms with van der Waals surface area (Å²) in [6, 6.07) is 5.68. The molecule has 1 aliphatic heterocycles. The van der Waals surface area contributed by atoms with Crippen LogP contribution in [0.25, 0.3) is 16.7 Å². The van der Waals surface area contributed by atoms with Gasteiger partial charge in [0.2, 0.25) is 5.91 Å². The minimum atomic E-state index is -0.424. The molecule has 2 aromatic heterocycles. The summed E-state index contributed by atoms with van der Waals surface area (Å²) < 4.78 is 15.6. The Kier molecular flexibility index (Phi) is 4.43. The van der Waals surface area contributed by atoms with Crippen molar-refractivity contribution in [2.75, 3.05) is 13.1 Å². The van der Waals surface area contributed by atoms with Gasteiger partial charge in [-0.05, 0) is 43.0 Å². The van der Waals surface area contributed by atoms with Crippen LogP contribution in [0, 0.1) is 11.7 Å². The average molecular weight is 370 g/mol. The highest BCUT2D eigenvalue weighted by Gasteiger charge is 2.22. The lowest BCUT2D eigenvalue weighted by atomic mass is 9.99. The zero-order valence-electron chi connectivity index (χ0n) is 14.9. The van der Waals surface area contributed by atoms with Crippen LogP contribution in [0.5, 0.6) is 0 Å². The van der Waals surface area contributed by atoms with E-state index in [-0.39, 0.29) is 29.3 Å². The molecule has 1 aliphatic rings. The number of halogens is 1. The van der Waals surface area contributed by atoms with Crippen molar-refractivity contribution >= 4 is 16.9 Å². The van der Waals surface area contributed by atoms with E-state index in [1.165, 1.54) is 35.1 Å². The molecule has 140 valence electrons. The normalized spacial score (nSPS) is 15.4. The number of carbonyl (C=O) groups is 1. The van der Waals surface area contributed by atoms with Crippen LogP contribution in [0.1, 0.15) is 19.8 Å². The number of rotatable bonds is 3. The van der Waals surface area contributed by atoms with Crippen molar-refractivity contribution in [2.24, 2.45) is 5.92 Å². The van der Waals surface area contributed by atoms with Crippen molar-refractivity contribution in [2.45, 2.75) is 26.3 Å². The molecule has 3 heterocycles. The largest absolute Gasteiger partial charge is 0.341 e. The van der Waals surface area contributed by atoms with Crippen molar-refractivity contribution in [3.8, 4) is 5.69 Å². The summed E-state index contributed by atoms with van der Waals surface area (Å²) in [5, 5.41) is 12.4. The lowest BCUT2D eigenvalue weighted by Gasteiger charge is -2.30. The number of likely N-dealkylation sites (tertiary alicyclic amines) is 1. The van der Waals surface area contributed by atoms with Crippen LogP contribution < -0.4 is 5.56 Å². The highest BCUT2D eigenvalue weighted by molar-refractivity contribution is 5.77. The molecular formula is C18H19FN6O2. The second kappa shape index (κ2) is 6.90. The maximum absolute atomic E-state index is 13.1. The summed E-state index contributed by atoms with van der Waals surface area (Å²) in [5.41, 5.74) is 0.408. The van der Waals surface area contributed by atoms with E-state index in [0.29, 0.717) is 24.7 Å². The molecule has 3 aromatic rings. The van der Waals surface area contributed by atoms with Crippen LogP contribution in [0.15, 0.2) is 35.3 Å². The minimum absolute atomic E-state index is 0.136. The van der Waals surface area contributed by atoms with Gasteiger partial charge in [-0.25, -0.2) is 13.8 Å². The van der Waals surface area contributed by atoms with Crippen molar-refractivity contribution in [1.82, 2.24) is 29.7 Å². The van der Waals surface area contributed by atoms with E-state index in [2.05, 4.69) is 22.3 Å². The number of amides is 1. The van der Waals surface area contributed by atoms with Crippen LogP contribution >= 0.6 is 0 Å². The van der Waals surface area contributed by atoms with E-state index in [0.717, 1.165) is 17.5 Å². The highest BCUT2D eigenvalue weighted by atomic mass is 19.1. The van der Waals surface area contributed by atoms with E-state index in [1.807, 2.05) is 0 Å². The van der Waals surface area contributed by atoms with Crippen LogP contribution in [0.2, 0.25) is 0 Å². The number of benzene rings is 1. The van der Waals surface area contributed by atoms with Gasteiger partial charge >= 0.3 is 0 Å². The van der Waals surface area contributed by atoms with Gasteiger partial charge in [0.25, 0.3) is 5.56 Å². The molecule has 0 spiro atoms. The van der Waals surface area contributed by atoms with Crippen LogP contribution in [-0.2, 0) is 11.3 Å². The maximum Gasteiger partial charge on any atom is 0.281 e. The minimum Gasteiger partial charge on any atom is -0.341 e. The van der Waals surface area contributed by atoms with Crippen molar-refractivity contribution in [1.29, 1.82) is 0 Å². The Hall–Kier alpha value is -3.10. The molecule has 8 nitrogen and oxygen atoms in total. The van der Waals surface area contributed by atoms with E-state index in [4.69, 9.17) is 0 Å². The molecule has 9 heteroatoms. The fourth-order valence-corrected chi connectivity index (χ4v) is 3.23. The van der Waals surface area contributed by atoms with Gasteiger partial charge in [-0.15, -0.1) is 5.10 Å². The van der Waals surface area contributed by atoms with Gasteiger partial charge in [0.05, 0.1) is 11.9 Å². The summed E-state index contributed by atoms with van der Waals surface area (Å²) in [6.07, 6.45) is 3.32. The Morgan fingerprint density at radius 1 is 1.22 bits per heavy atom. The number of piperidine rings is 1. The van der Waals surface area contributed by atoms with Crippen molar-refractivity contribution in [3.63, 3.8) is 0 Å². The van der Waals surface area contributed by atoms with E-state index in [1.54, 1.807) is 4.90 Å². The third-order valence-electron chi connectivity index (χ3n) is 4.95. The molecule has 1 amide bonds. The van der Waals surface area contributed by atoms with Gasteiger partial charge in [-0.2, -0.15) is 5.10 Å². The first-order valence-electron chi connectivity index (χ1n) is 8.88. The zero-order chi connectivity index (χ0) is 19.0. The summed E-state index contributed by atoms with van der Waals surface area (Å²) >= 11 is 0. The molecule has 27 heavy (non-hydrogen) atoms. The number of fused-ring (bicyclic) bond motifs is 1. The first-order valence-corrected chi connectivity index (χ1v) is 8.88. The van der Waals surface area contributed by atoms with Crippen LogP contribution in [0.4, 0.5) is 4.39 Å². The van der Waals surface area contributed by atoms with E-state index < -0.39 is 5.56 Å². The Morgan fingerprint density at radius 2 is 1.93 bits per heavy atom. The van der Waals surface area contributed by atoms with Gasteiger partial charge in [-0.1, -0.05) is 12.1 Å². The predicted octanol–water partition coefficient (Wildman–Crippen LogP) is 1.37. The Labute approximate surface area is 154 Å². The third kappa shape index (κ3) is 3.32. The van der Waals surface area contributed by atoms with Gasteiger partial charge in [0, 0.05) is 13.1 Å². The highest BCUT2D eigenvalue weighted by Crippen LogP contribution is 2.16. The molecule has 0 bridgehead atoms. The molecule has 0 unspecified atom stereocenters. The number of hydrogen-bond donors (Lipinski definition) is 0. The summed E-state index contributed by atoms with van der Waals surface area (Å²) in [4.78, 5) is 26.9. The third-order valence-corrected chi connectivity index (χ3v) is 4.95. The number of nitrogens with zero attached hydrogens (tertiary/aromatic N) is 6. The lowest BCUT2D eigenvalue weighted by Crippen LogP contribution is -2.41. The smallest absolute Gasteiger partial charge is 0.281 e. The fraction of sp³-hybridized carbons (Fsp3) is 0.389. The Bertz CT molecular complexity index is 1030. The average Bonchev–Trinajstić information content (AvgIpc) is 3.10. The number of carbonyl (C=O) groups excluding carboxylic acids is 1. The quantitative estimate of drug-likeness (QED) is 0.695. The molecule has 0 N–H and O–H groups in total. The Morgan fingerprint density at radius 3 is 2.63 bits per heavy atom. The number of hydrogen-bond acceptors (Lipinski definition) is 5. The number of aromatic nitrogens is 5. The van der Waals surface area contributed by atoms with Crippen molar-refractivity contribution < 1.29 is 9.18 Å². The summed E-state index contributed by atoms with van der Waals surface area (Å²) in [7, 11) is 0. The van der Waals surface area contributed by atoms with Gasteiger partial charge in [0.15, 0.2) is 5.65 Å². The maximum atomic E-state index is 13.1. The second-order valence-electron chi connectivity index (χ2n) is 6.89. The van der Waals surface area contributed by atoms with Gasteiger partial charge in [0.1, 0.15) is 17.7 Å². The zero-order valence-corrected chi connectivity index (χ0v) is 14.9. The molecule has 1 aromatic carbocycles. The fourth-order valence-electron chi connectivity index (χ4n) is 3.23. The van der Waals surface area contributed by atoms with Crippen LogP contribution in [-0.4, -0.2) is 48.7 Å². The molecule has 1 saturated heterocycles. The molecule has 0 atom stereocenters. The molecular weight excluding hydrogens is 351 g/mol. The first kappa shape index (κ1) is 17.3. The molecule has 0 aliphatic carbocycles. The van der Waals surface area contributed by atoms with E-state index >= 15 is 0 Å². The monoisotopic (exact) mass is 370 g/mol. The SMILES string of the molecule is CC1CCN(C(=O)Cn2nnc3c(cnn3-c3ccc(F)cc3)c2=O)CC1. The lowest BCUT2D eigenvalue weighted by molar-refractivity contribution is -0.133. The van der Waals surface area contributed by atoms with Gasteiger partial charge in [-0.3, -0.25) is 9.59 Å².